The zero-order chi connectivity index (χ0) is 45.3. The Morgan fingerprint density at radius 3 is 1.15 bits per heavy atom. The van der Waals surface area contributed by atoms with Gasteiger partial charge < -0.3 is 19.4 Å². The van der Waals surface area contributed by atoms with Gasteiger partial charge in [-0.3, -0.25) is 0 Å². The number of rotatable bonds is 6. The molecule has 0 aliphatic carbocycles. The van der Waals surface area contributed by atoms with Gasteiger partial charge in [-0.05, 0) is 150 Å². The molecule has 0 fully saturated rings. The lowest BCUT2D eigenvalue weighted by atomic mass is 9.28. The Balaban J connectivity index is 1.23. The molecule has 0 amide bonds. The fraction of sp³-hybridized carbons (Fsp3) is 0.200. The Morgan fingerprint density at radius 1 is 0.328 bits per heavy atom. The molecule has 0 spiro atoms. The van der Waals surface area contributed by atoms with E-state index in [1.165, 1.54) is 128 Å². The summed E-state index contributed by atoms with van der Waals surface area (Å²) < 4.78 is 0. The van der Waals surface area contributed by atoms with Crippen LogP contribution in [0.25, 0.3) is 11.1 Å². The second-order valence-corrected chi connectivity index (χ2v) is 21.2. The first-order valence-corrected chi connectivity index (χ1v) is 24.8. The third-order valence-electron chi connectivity index (χ3n) is 16.3. The summed E-state index contributed by atoms with van der Waals surface area (Å²) in [5.41, 5.74) is 31.0. The molecule has 0 aromatic heterocycles. The average molecular weight is 863 g/mol. The molecule has 0 bridgehead atoms. The molecule has 8 aromatic rings. The van der Waals surface area contributed by atoms with E-state index in [1.807, 2.05) is 0 Å². The van der Waals surface area contributed by atoms with E-state index in [2.05, 4.69) is 226 Å². The fourth-order valence-electron chi connectivity index (χ4n) is 13.1. The van der Waals surface area contributed by atoms with Gasteiger partial charge in [0.15, 0.2) is 0 Å². The van der Waals surface area contributed by atoms with Crippen molar-refractivity contribution in [3.05, 3.63) is 174 Å². The number of hydrogen-bond acceptors (Lipinski definition) is 4. The van der Waals surface area contributed by atoms with Gasteiger partial charge in [0.25, 0.3) is 6.71 Å². The Morgan fingerprint density at radius 2 is 0.731 bits per heavy atom. The zero-order valence-corrected chi connectivity index (χ0v) is 39.8. The number of benzene rings is 8. The molecule has 0 N–H and O–H groups in total. The van der Waals surface area contributed by atoms with Crippen molar-refractivity contribution in [3.8, 4) is 11.1 Å². The van der Waals surface area contributed by atoms with Crippen LogP contribution in [0.2, 0.25) is 0 Å². The molecule has 67 heavy (non-hydrogen) atoms. The standard InChI is InChI=1S/C60H53B3N4/c1-34(2)38-24-28-48-46(30-38)62-56-55-54-50(66(62)42-16-11-9-12-17-42)20-15-21-51(54)67(43-18-13-10-14-19-43)63-47-31-39(35(3)4)25-29-49(47)65-53-33-41(37(7)8)23-27-45(53)61-44-26-22-40(36(5)6)32-52(44)64(48)59(56)58(61)60(65)57(55)63/h9-37H,1-8H3. The minimum absolute atomic E-state index is 0.0367. The first kappa shape index (κ1) is 39.3. The number of para-hydroxylation sites is 2. The lowest BCUT2D eigenvalue weighted by molar-refractivity contribution is 0.865. The molecule has 6 heterocycles. The maximum atomic E-state index is 2.74. The summed E-state index contributed by atoms with van der Waals surface area (Å²) in [5.74, 6) is 1.53. The van der Waals surface area contributed by atoms with Crippen LogP contribution in [0, 0.1) is 0 Å². The summed E-state index contributed by atoms with van der Waals surface area (Å²) in [6.07, 6.45) is 0. The molecule has 6 aliphatic heterocycles. The normalized spacial score (nSPS) is 14.9. The highest BCUT2D eigenvalue weighted by Gasteiger charge is 2.59. The molecule has 14 rings (SSSR count). The summed E-state index contributed by atoms with van der Waals surface area (Å²) in [6, 6.07) is 59.5. The van der Waals surface area contributed by atoms with Gasteiger partial charge in [0, 0.05) is 62.4 Å². The van der Waals surface area contributed by atoms with E-state index in [0.717, 1.165) is 0 Å². The van der Waals surface area contributed by atoms with Gasteiger partial charge >= 0.3 is 13.7 Å². The maximum Gasteiger partial charge on any atom is 0.333 e. The smallest absolute Gasteiger partial charge is 0.333 e. The Kier molecular flexibility index (Phi) is 8.14. The minimum atomic E-state index is -0.0670. The predicted octanol–water partition coefficient (Wildman–Crippen LogP) is 11.1. The van der Waals surface area contributed by atoms with E-state index < -0.39 is 0 Å². The van der Waals surface area contributed by atoms with Crippen molar-refractivity contribution in [1.82, 2.24) is 0 Å². The van der Waals surface area contributed by atoms with Crippen molar-refractivity contribution in [3.63, 3.8) is 0 Å². The largest absolute Gasteiger partial charge is 0.376 e. The van der Waals surface area contributed by atoms with Crippen molar-refractivity contribution < 1.29 is 0 Å². The van der Waals surface area contributed by atoms with E-state index in [0.29, 0.717) is 23.7 Å². The molecular formula is C60H53B3N4. The molecule has 0 atom stereocenters. The molecule has 7 heteroatoms. The van der Waals surface area contributed by atoms with Gasteiger partial charge in [-0.25, -0.2) is 0 Å². The molecule has 6 aliphatic rings. The van der Waals surface area contributed by atoms with Gasteiger partial charge in [0.2, 0.25) is 0 Å². The van der Waals surface area contributed by atoms with E-state index in [4.69, 9.17) is 0 Å². The minimum Gasteiger partial charge on any atom is -0.376 e. The molecule has 0 radical (unpaired) electrons. The molecule has 322 valence electrons. The van der Waals surface area contributed by atoms with Crippen LogP contribution in [0.3, 0.4) is 0 Å². The van der Waals surface area contributed by atoms with Crippen LogP contribution in [0.4, 0.5) is 56.9 Å². The zero-order valence-electron chi connectivity index (χ0n) is 39.8. The van der Waals surface area contributed by atoms with Crippen molar-refractivity contribution >= 4 is 116 Å². The lowest BCUT2D eigenvalue weighted by Gasteiger charge is -2.56. The molecular weight excluding hydrogens is 809 g/mol. The van der Waals surface area contributed by atoms with Gasteiger partial charge in [-0.1, -0.05) is 146 Å². The van der Waals surface area contributed by atoms with Crippen molar-refractivity contribution in [2.45, 2.75) is 79.1 Å². The van der Waals surface area contributed by atoms with Crippen LogP contribution < -0.4 is 57.7 Å². The monoisotopic (exact) mass is 862 g/mol. The number of fused-ring (bicyclic) bond motifs is 12. The van der Waals surface area contributed by atoms with E-state index >= 15 is 0 Å². The Labute approximate surface area is 397 Å². The molecule has 8 aromatic carbocycles. The van der Waals surface area contributed by atoms with E-state index in [-0.39, 0.29) is 20.4 Å². The fourth-order valence-corrected chi connectivity index (χ4v) is 13.1. The Hall–Kier alpha value is -6.85. The van der Waals surface area contributed by atoms with Gasteiger partial charge in [0.1, 0.15) is 0 Å². The highest BCUT2D eigenvalue weighted by Crippen LogP contribution is 2.56. The Bertz CT molecular complexity index is 3220. The number of hydrogen-bond donors (Lipinski definition) is 0. The summed E-state index contributed by atoms with van der Waals surface area (Å²) in [7, 11) is 0. The third kappa shape index (κ3) is 5.07. The number of anilines is 10. The quantitative estimate of drug-likeness (QED) is 0.154. The van der Waals surface area contributed by atoms with Gasteiger partial charge in [0.05, 0.1) is 0 Å². The summed E-state index contributed by atoms with van der Waals surface area (Å²) >= 11 is 0. The van der Waals surface area contributed by atoms with Crippen molar-refractivity contribution in [2.75, 3.05) is 19.4 Å². The van der Waals surface area contributed by atoms with Crippen LogP contribution in [-0.2, 0) is 0 Å². The van der Waals surface area contributed by atoms with Crippen LogP contribution in [0.15, 0.2) is 152 Å². The lowest BCUT2D eigenvalue weighted by Crippen LogP contribution is -2.74. The highest BCUT2D eigenvalue weighted by molar-refractivity contribution is 7.05. The summed E-state index contributed by atoms with van der Waals surface area (Å²) in [6.45, 7) is 18.7. The average Bonchev–Trinajstić information content (AvgIpc) is 3.35. The predicted molar refractivity (Wildman–Crippen MR) is 289 cm³/mol. The molecule has 4 nitrogen and oxygen atoms in total. The third-order valence-corrected chi connectivity index (χ3v) is 16.3. The van der Waals surface area contributed by atoms with E-state index in [9.17, 15) is 0 Å². The van der Waals surface area contributed by atoms with Crippen LogP contribution in [0.5, 0.6) is 0 Å². The van der Waals surface area contributed by atoms with Crippen LogP contribution >= 0.6 is 0 Å². The topological polar surface area (TPSA) is 13.0 Å². The van der Waals surface area contributed by atoms with Crippen molar-refractivity contribution in [1.29, 1.82) is 0 Å². The maximum absolute atomic E-state index is 2.74. The first-order chi connectivity index (χ1) is 32.6. The summed E-state index contributed by atoms with van der Waals surface area (Å²) in [5, 5.41) is 0. The SMILES string of the molecule is CC(C)c1ccc2c(c1)B1c3c4c5c6c7c3N2c2cc(C(C)C)ccc2B7c2ccc(C(C)C)cc2N6c2ccc(C(C)C)cc2B5N(c2ccccc2)c2cccc(c2-4)N1c1ccccc1. The molecule has 0 saturated heterocycles. The van der Waals surface area contributed by atoms with Crippen LogP contribution in [0.1, 0.15) is 101 Å². The second kappa shape index (κ2) is 13.9. The second-order valence-electron chi connectivity index (χ2n) is 21.2. The van der Waals surface area contributed by atoms with Gasteiger partial charge in [-0.15, -0.1) is 0 Å². The number of nitrogens with zero attached hydrogens (tertiary/aromatic N) is 4. The molecule has 0 unspecified atom stereocenters. The summed E-state index contributed by atoms with van der Waals surface area (Å²) in [4.78, 5) is 10.9. The molecule has 0 saturated carbocycles. The highest BCUT2D eigenvalue weighted by atomic mass is 15.2. The van der Waals surface area contributed by atoms with E-state index in [1.54, 1.807) is 0 Å². The first-order valence-electron chi connectivity index (χ1n) is 24.8. The van der Waals surface area contributed by atoms with Gasteiger partial charge in [-0.2, -0.15) is 0 Å². The van der Waals surface area contributed by atoms with Crippen molar-refractivity contribution in [2.24, 2.45) is 0 Å². The van der Waals surface area contributed by atoms with Crippen LogP contribution in [-0.4, -0.2) is 20.4 Å².